The number of benzene rings is 5. The minimum absolute atomic E-state index is 0.0236. The summed E-state index contributed by atoms with van der Waals surface area (Å²) >= 11 is 12.0. The molecule has 5 aromatic rings. The minimum Gasteiger partial charge on any atom is -0.505 e. The van der Waals surface area contributed by atoms with Gasteiger partial charge in [0.05, 0.1) is 33.2 Å². The van der Waals surface area contributed by atoms with Gasteiger partial charge in [0, 0.05) is 5.02 Å². The number of aromatic hydroxyl groups is 2. The molecule has 5 aromatic carbocycles. The lowest BCUT2D eigenvalue weighted by atomic mass is 10.1. The Balaban J connectivity index is 1.60. The molecule has 0 heterocycles. The van der Waals surface area contributed by atoms with Crippen molar-refractivity contribution in [3.05, 3.63) is 82.8 Å². The molecule has 0 fully saturated rings. The predicted octanol–water partition coefficient (Wildman–Crippen LogP) is 8.46. The maximum atomic E-state index is 12.4. The second-order valence-corrected chi connectivity index (χ2v) is 13.3. The Morgan fingerprint density at radius 2 is 1.15 bits per heavy atom. The van der Waals surface area contributed by atoms with Gasteiger partial charge in [-0.3, -0.25) is 9.11 Å². The van der Waals surface area contributed by atoms with E-state index in [1.807, 2.05) is 0 Å². The molecule has 0 atom stereocenters. The van der Waals surface area contributed by atoms with E-state index in [0.29, 0.717) is 5.69 Å². The van der Waals surface area contributed by atoms with Crippen molar-refractivity contribution in [1.82, 2.24) is 0 Å². The van der Waals surface area contributed by atoms with Gasteiger partial charge in [-0.1, -0.05) is 29.3 Å². The monoisotopic (exact) mass is 730 g/mol. The van der Waals surface area contributed by atoms with E-state index in [0.717, 1.165) is 12.1 Å². The van der Waals surface area contributed by atoms with E-state index in [-0.39, 0.29) is 49.3 Å². The molecule has 0 bridgehead atoms. The smallest absolute Gasteiger partial charge is 0.296 e. The summed E-state index contributed by atoms with van der Waals surface area (Å²) in [4.78, 5) is -1.88. The van der Waals surface area contributed by atoms with E-state index in [1.54, 1.807) is 6.07 Å². The highest BCUT2D eigenvalue weighted by Crippen LogP contribution is 2.48. The summed E-state index contributed by atoms with van der Waals surface area (Å²) < 4.78 is 69.1. The number of nitrogens with two attached hydrogens (primary N) is 2. The van der Waals surface area contributed by atoms with Gasteiger partial charge in [-0.15, -0.1) is 20.5 Å². The van der Waals surface area contributed by atoms with Crippen LogP contribution in [0.5, 0.6) is 11.5 Å². The number of phenols is 2. The Morgan fingerprint density at radius 1 is 0.604 bits per heavy atom. The minimum atomic E-state index is -5.12. The van der Waals surface area contributed by atoms with Crippen LogP contribution in [0.25, 0.3) is 10.8 Å². The zero-order valence-corrected chi connectivity index (χ0v) is 26.9. The molecule has 0 amide bonds. The molecular weight excluding hydrogens is 711 g/mol. The Bertz CT molecular complexity index is 2420. The fraction of sp³-hybridized carbons (Fsp3) is 0. The molecule has 0 radical (unpaired) electrons. The average molecular weight is 732 g/mol. The van der Waals surface area contributed by atoms with Gasteiger partial charge in [-0.05, 0) is 72.1 Å². The summed E-state index contributed by atoms with van der Waals surface area (Å²) in [5.41, 5.74) is 10.6. The van der Waals surface area contributed by atoms with Gasteiger partial charge < -0.3 is 21.7 Å². The van der Waals surface area contributed by atoms with Gasteiger partial charge in [0.25, 0.3) is 20.2 Å². The first kappa shape index (κ1) is 34.1. The molecule has 0 spiro atoms. The molecule has 0 aromatic heterocycles. The number of hydrogen-bond acceptors (Lipinski definition) is 14. The fourth-order valence-electron chi connectivity index (χ4n) is 4.21. The van der Waals surface area contributed by atoms with Crippen molar-refractivity contribution in [2.75, 3.05) is 11.5 Å². The van der Waals surface area contributed by atoms with Gasteiger partial charge >= 0.3 is 0 Å². The first-order valence-corrected chi connectivity index (χ1v) is 16.6. The molecule has 5 rings (SSSR count). The van der Waals surface area contributed by atoms with Crippen LogP contribution in [0.4, 0.5) is 45.5 Å². The Kier molecular flexibility index (Phi) is 9.31. The average Bonchev–Trinajstić information content (AvgIpc) is 3.01. The molecule has 246 valence electrons. The first-order valence-electron chi connectivity index (χ1n) is 13.0. The van der Waals surface area contributed by atoms with Gasteiger partial charge in [-0.25, -0.2) is 0 Å². The third-order valence-corrected chi connectivity index (χ3v) is 8.76. The number of para-hydroxylation sites is 1. The van der Waals surface area contributed by atoms with E-state index in [9.17, 15) is 36.2 Å². The van der Waals surface area contributed by atoms with Crippen molar-refractivity contribution in [1.29, 1.82) is 0 Å². The van der Waals surface area contributed by atoms with Crippen LogP contribution in [-0.4, -0.2) is 36.2 Å². The summed E-state index contributed by atoms with van der Waals surface area (Å²) in [5, 5.41) is 44.1. The van der Waals surface area contributed by atoms with E-state index in [2.05, 4.69) is 30.7 Å². The maximum Gasteiger partial charge on any atom is 0.296 e. The van der Waals surface area contributed by atoms with Gasteiger partial charge in [-0.2, -0.15) is 27.1 Å². The van der Waals surface area contributed by atoms with Crippen molar-refractivity contribution in [3.63, 3.8) is 0 Å². The number of azo groups is 3. The molecule has 0 aliphatic heterocycles. The molecule has 0 aliphatic rings. The third kappa shape index (κ3) is 7.18. The molecule has 0 saturated heterocycles. The van der Waals surface area contributed by atoms with Crippen LogP contribution < -0.4 is 11.5 Å². The van der Waals surface area contributed by atoms with Crippen LogP contribution in [0.2, 0.25) is 10.0 Å². The molecule has 0 unspecified atom stereocenters. The number of phenolic OH excluding ortho intramolecular Hbond substituents is 2. The summed E-state index contributed by atoms with van der Waals surface area (Å²) in [6.45, 7) is 0. The number of halogens is 2. The third-order valence-electron chi connectivity index (χ3n) is 6.47. The molecule has 0 saturated carbocycles. The molecule has 16 nitrogen and oxygen atoms in total. The number of anilines is 2. The molecule has 20 heteroatoms. The molecular formula is C28H20Cl2N8O8S2. The number of nitrogen functional groups attached to an aromatic ring is 2. The zero-order valence-electron chi connectivity index (χ0n) is 23.8. The van der Waals surface area contributed by atoms with E-state index >= 15 is 0 Å². The fourth-order valence-corrected chi connectivity index (χ4v) is 5.86. The van der Waals surface area contributed by atoms with Crippen molar-refractivity contribution >= 4 is 99.7 Å². The first-order chi connectivity index (χ1) is 22.5. The predicted molar refractivity (Wildman–Crippen MR) is 178 cm³/mol. The Morgan fingerprint density at radius 3 is 1.75 bits per heavy atom. The van der Waals surface area contributed by atoms with Gasteiger partial charge in [0.2, 0.25) is 0 Å². The summed E-state index contributed by atoms with van der Waals surface area (Å²) in [5.74, 6) is -1.19. The number of fused-ring (bicyclic) bond motifs is 1. The van der Waals surface area contributed by atoms with Crippen LogP contribution in [-0.2, 0) is 20.2 Å². The van der Waals surface area contributed by atoms with E-state index in [4.69, 9.17) is 34.7 Å². The van der Waals surface area contributed by atoms with Crippen molar-refractivity contribution in [2.24, 2.45) is 30.7 Å². The highest BCUT2D eigenvalue weighted by atomic mass is 35.5. The summed E-state index contributed by atoms with van der Waals surface area (Å²) in [7, 11) is -10.2. The Hall–Kier alpha value is -5.24. The van der Waals surface area contributed by atoms with Crippen LogP contribution in [0.1, 0.15) is 0 Å². The highest BCUT2D eigenvalue weighted by Gasteiger charge is 2.28. The summed E-state index contributed by atoms with van der Waals surface area (Å²) in [6, 6.07) is 16.1. The van der Waals surface area contributed by atoms with Crippen molar-refractivity contribution in [3.8, 4) is 11.5 Å². The van der Waals surface area contributed by atoms with Crippen LogP contribution in [0.15, 0.2) is 113 Å². The number of rotatable bonds is 8. The lowest BCUT2D eigenvalue weighted by Crippen LogP contribution is -2.03. The largest absolute Gasteiger partial charge is 0.505 e. The standard InChI is InChI=1S/C28H20Cl2N8O8S2/c29-14-4-9-17(30)20(12-14)36-38-26-22(48(44,45)46)11-13-10-21(47(41,42)43)25(24(32)23(13)28(26)40)37-34-16-7-5-15(6-8-16)33-35-19-3-1-2-18(31)27(19)39/h1-12,39-40H,31-32H2,(H,41,42,43)(H,44,45,46). The quantitative estimate of drug-likeness (QED) is 0.0383. The van der Waals surface area contributed by atoms with Gasteiger partial charge in [0.1, 0.15) is 32.5 Å². The second kappa shape index (κ2) is 13.1. The summed E-state index contributed by atoms with van der Waals surface area (Å²) in [6.07, 6.45) is 0. The van der Waals surface area contributed by atoms with Crippen molar-refractivity contribution < 1.29 is 36.2 Å². The number of hydrogen-bond donors (Lipinski definition) is 6. The lowest BCUT2D eigenvalue weighted by molar-refractivity contribution is 0.472. The van der Waals surface area contributed by atoms with E-state index < -0.39 is 52.8 Å². The van der Waals surface area contributed by atoms with Crippen LogP contribution in [0.3, 0.4) is 0 Å². The molecule has 8 N–H and O–H groups in total. The highest BCUT2D eigenvalue weighted by molar-refractivity contribution is 7.86. The normalized spacial score (nSPS) is 12.6. The number of nitrogens with zero attached hydrogens (tertiary/aromatic N) is 6. The Labute approximate surface area is 281 Å². The zero-order chi connectivity index (χ0) is 35.0. The SMILES string of the molecule is Nc1cccc(N=Nc2ccc(N=Nc3c(S(=O)(=O)O)cc4cc(S(=O)(=O)O)c(N=Nc5cc(Cl)ccc5Cl)c(O)c4c3N)cc2)c1O. The van der Waals surface area contributed by atoms with Crippen LogP contribution >= 0.6 is 23.2 Å². The maximum absolute atomic E-state index is 12.4. The molecule has 48 heavy (non-hydrogen) atoms. The van der Waals surface area contributed by atoms with Crippen molar-refractivity contribution in [2.45, 2.75) is 9.79 Å². The van der Waals surface area contributed by atoms with Gasteiger partial charge in [0.15, 0.2) is 11.5 Å². The second-order valence-electron chi connectivity index (χ2n) is 9.68. The molecule has 0 aliphatic carbocycles. The topological polar surface area (TPSA) is 275 Å². The van der Waals surface area contributed by atoms with Crippen LogP contribution in [0, 0.1) is 0 Å². The van der Waals surface area contributed by atoms with E-state index in [1.165, 1.54) is 54.6 Å². The lowest BCUT2D eigenvalue weighted by Gasteiger charge is -2.14.